The molecular weight excluding hydrogens is 492 g/mol. The summed E-state index contributed by atoms with van der Waals surface area (Å²) >= 11 is 1.24. The largest absolute Gasteiger partial charge is 0.354 e. The second-order valence-electron chi connectivity index (χ2n) is 8.40. The molecule has 0 radical (unpaired) electrons. The number of hydrogen-bond donors (Lipinski definition) is 2. The summed E-state index contributed by atoms with van der Waals surface area (Å²) in [6, 6.07) is 9.28. The van der Waals surface area contributed by atoms with E-state index in [2.05, 4.69) is 10.6 Å². The first-order valence-electron chi connectivity index (χ1n) is 11.2. The smallest absolute Gasteiger partial charge is 0.264 e. The molecule has 4 amide bonds. The average Bonchev–Trinajstić information content (AvgIpc) is 3.40. The van der Waals surface area contributed by atoms with Gasteiger partial charge in [0.1, 0.15) is 17.8 Å². The topological polar surface area (TPSA) is 133 Å². The van der Waals surface area contributed by atoms with Crippen LogP contribution in [0.3, 0.4) is 0 Å². The average molecular weight is 519 g/mol. The fraction of sp³-hybridized carbons (Fsp3) is 0.391. The van der Waals surface area contributed by atoms with Gasteiger partial charge in [0.2, 0.25) is 17.7 Å². The predicted octanol–water partition coefficient (Wildman–Crippen LogP) is 0.270. The molecule has 1 aromatic carbocycles. The highest BCUT2D eigenvalue weighted by atomic mass is 32.2. The van der Waals surface area contributed by atoms with Gasteiger partial charge in [0.05, 0.1) is 16.3 Å². The number of piperidine rings is 1. The molecule has 2 aliphatic heterocycles. The molecule has 0 saturated carbocycles. The number of carbonyl (C=O) groups excluding carboxylic acids is 4. The molecule has 35 heavy (non-hydrogen) atoms. The summed E-state index contributed by atoms with van der Waals surface area (Å²) < 4.78 is 25.4. The molecule has 10 nitrogen and oxygen atoms in total. The van der Waals surface area contributed by atoms with Gasteiger partial charge in [-0.3, -0.25) is 19.2 Å². The third kappa shape index (κ3) is 5.70. The highest BCUT2D eigenvalue weighted by Gasteiger charge is 2.39. The summed E-state index contributed by atoms with van der Waals surface area (Å²) in [6.45, 7) is 0.521. The van der Waals surface area contributed by atoms with E-state index < -0.39 is 39.5 Å². The maximum absolute atomic E-state index is 13.2. The zero-order valence-corrected chi connectivity index (χ0v) is 20.5. The number of rotatable bonds is 6. The van der Waals surface area contributed by atoms with E-state index in [4.69, 9.17) is 0 Å². The Hall–Kier alpha value is -3.25. The van der Waals surface area contributed by atoms with E-state index in [0.717, 1.165) is 0 Å². The quantitative estimate of drug-likeness (QED) is 0.564. The van der Waals surface area contributed by atoms with Crippen LogP contribution in [0, 0.1) is 0 Å². The lowest BCUT2D eigenvalue weighted by atomic mass is 10.0. The van der Waals surface area contributed by atoms with Crippen LogP contribution in [0.1, 0.15) is 22.5 Å². The fourth-order valence-corrected chi connectivity index (χ4v) is 6.09. The number of piperazine rings is 1. The van der Waals surface area contributed by atoms with Crippen molar-refractivity contribution in [3.05, 3.63) is 52.7 Å². The third-order valence-corrected chi connectivity index (χ3v) is 8.52. The number of thiophene rings is 1. The van der Waals surface area contributed by atoms with Crippen LogP contribution in [0.5, 0.6) is 0 Å². The normalized spacial score (nSPS) is 20.7. The molecule has 2 saturated heterocycles. The van der Waals surface area contributed by atoms with Gasteiger partial charge in [0, 0.05) is 19.6 Å². The van der Waals surface area contributed by atoms with Crippen molar-refractivity contribution in [1.82, 2.24) is 20.4 Å². The Labute approximate surface area is 207 Å². The molecule has 1 aromatic heterocycles. The molecule has 2 aliphatic rings. The zero-order chi connectivity index (χ0) is 25.0. The first-order chi connectivity index (χ1) is 16.8. The van der Waals surface area contributed by atoms with Crippen LogP contribution in [0.4, 0.5) is 0 Å². The maximum Gasteiger partial charge on any atom is 0.264 e. The van der Waals surface area contributed by atoms with Crippen molar-refractivity contribution in [1.29, 1.82) is 0 Å². The van der Waals surface area contributed by atoms with Gasteiger partial charge in [-0.2, -0.15) is 0 Å². The second-order valence-corrected chi connectivity index (χ2v) is 11.3. The predicted molar refractivity (Wildman–Crippen MR) is 128 cm³/mol. The van der Waals surface area contributed by atoms with E-state index in [1.807, 2.05) is 0 Å². The van der Waals surface area contributed by atoms with Gasteiger partial charge in [-0.1, -0.05) is 24.3 Å². The number of nitrogens with zero attached hydrogens (tertiary/aromatic N) is 2. The number of hydrogen-bond acceptors (Lipinski definition) is 7. The van der Waals surface area contributed by atoms with Crippen LogP contribution in [0.2, 0.25) is 0 Å². The molecule has 2 unspecified atom stereocenters. The zero-order valence-electron chi connectivity index (χ0n) is 18.9. The number of amides is 4. The first-order valence-corrected chi connectivity index (χ1v) is 13.8. The van der Waals surface area contributed by atoms with Crippen LogP contribution in [-0.4, -0.2) is 85.9 Å². The minimum Gasteiger partial charge on any atom is -0.354 e. The van der Waals surface area contributed by atoms with Crippen molar-refractivity contribution in [2.45, 2.75) is 29.8 Å². The highest BCUT2D eigenvalue weighted by molar-refractivity contribution is 7.92. The standard InChI is InChI=1S/C23H26N4O6S2/c28-20(15-35(32,33)16-6-2-1-3-7-16)26-11-12-27(23(31)19-9-5-13-34-19)18(14-26)22(30)25-17-8-4-10-24-21(17)29/h1-3,5-7,9,13,17-18H,4,8,10-12,14-15H2,(H,24,29)(H,25,30). The minimum absolute atomic E-state index is 0.0393. The van der Waals surface area contributed by atoms with Crippen LogP contribution < -0.4 is 10.6 Å². The van der Waals surface area contributed by atoms with Crippen LogP contribution in [0.15, 0.2) is 52.7 Å². The lowest BCUT2D eigenvalue weighted by Crippen LogP contribution is -2.64. The lowest BCUT2D eigenvalue weighted by Gasteiger charge is -2.41. The first kappa shape index (κ1) is 24.9. The Kier molecular flexibility index (Phi) is 7.51. The Morgan fingerprint density at radius 1 is 1.09 bits per heavy atom. The van der Waals surface area contributed by atoms with Crippen LogP contribution in [0.25, 0.3) is 0 Å². The Morgan fingerprint density at radius 2 is 1.86 bits per heavy atom. The summed E-state index contributed by atoms with van der Waals surface area (Å²) in [5, 5.41) is 7.16. The summed E-state index contributed by atoms with van der Waals surface area (Å²) in [6.07, 6.45) is 1.18. The van der Waals surface area contributed by atoms with E-state index in [1.165, 1.54) is 33.3 Å². The van der Waals surface area contributed by atoms with Crippen molar-refractivity contribution in [3.63, 3.8) is 0 Å². The summed E-state index contributed by atoms with van der Waals surface area (Å²) in [5.41, 5.74) is 0. The van der Waals surface area contributed by atoms with Gasteiger partial charge in [0.25, 0.3) is 5.91 Å². The van der Waals surface area contributed by atoms with Crippen LogP contribution in [-0.2, 0) is 24.2 Å². The molecule has 4 rings (SSSR count). The van der Waals surface area contributed by atoms with Gasteiger partial charge in [0.15, 0.2) is 9.84 Å². The molecule has 0 aliphatic carbocycles. The molecule has 2 N–H and O–H groups in total. The van der Waals surface area contributed by atoms with Gasteiger partial charge < -0.3 is 20.4 Å². The van der Waals surface area contributed by atoms with Gasteiger partial charge in [-0.25, -0.2) is 8.42 Å². The molecule has 2 atom stereocenters. The third-order valence-electron chi connectivity index (χ3n) is 6.05. The van der Waals surface area contributed by atoms with Gasteiger partial charge in [-0.05, 0) is 36.4 Å². The van der Waals surface area contributed by atoms with Gasteiger partial charge in [-0.15, -0.1) is 11.3 Å². The summed E-state index contributed by atoms with van der Waals surface area (Å²) in [7, 11) is -3.87. The van der Waals surface area contributed by atoms with Crippen molar-refractivity contribution in [2.75, 3.05) is 31.9 Å². The van der Waals surface area contributed by atoms with E-state index in [0.29, 0.717) is 24.3 Å². The monoisotopic (exact) mass is 518 g/mol. The SMILES string of the molecule is O=C1NCCCC1NC(=O)C1CN(C(=O)CS(=O)(=O)c2ccccc2)CCN1C(=O)c1cccs1. The van der Waals surface area contributed by atoms with E-state index in [1.54, 1.807) is 35.7 Å². The molecule has 186 valence electrons. The van der Waals surface area contributed by atoms with Crippen molar-refractivity contribution in [2.24, 2.45) is 0 Å². The maximum atomic E-state index is 13.2. The minimum atomic E-state index is -3.87. The molecule has 3 heterocycles. The Balaban J connectivity index is 1.51. The van der Waals surface area contributed by atoms with E-state index >= 15 is 0 Å². The molecule has 0 bridgehead atoms. The molecule has 12 heteroatoms. The highest BCUT2D eigenvalue weighted by Crippen LogP contribution is 2.20. The van der Waals surface area contributed by atoms with E-state index in [-0.39, 0.29) is 36.3 Å². The number of benzene rings is 1. The van der Waals surface area contributed by atoms with Crippen molar-refractivity contribution >= 4 is 44.8 Å². The molecular formula is C23H26N4O6S2. The second kappa shape index (κ2) is 10.6. The fourth-order valence-electron chi connectivity index (χ4n) is 4.16. The van der Waals surface area contributed by atoms with Crippen LogP contribution >= 0.6 is 11.3 Å². The number of nitrogens with one attached hydrogen (secondary N) is 2. The Morgan fingerprint density at radius 3 is 2.54 bits per heavy atom. The van der Waals surface area contributed by atoms with E-state index in [9.17, 15) is 27.6 Å². The van der Waals surface area contributed by atoms with Crippen molar-refractivity contribution < 1.29 is 27.6 Å². The lowest BCUT2D eigenvalue weighted by molar-refractivity contribution is -0.137. The number of carbonyl (C=O) groups is 4. The number of sulfone groups is 1. The van der Waals surface area contributed by atoms with Crippen molar-refractivity contribution in [3.8, 4) is 0 Å². The molecule has 0 spiro atoms. The van der Waals surface area contributed by atoms with Gasteiger partial charge >= 0.3 is 0 Å². The summed E-state index contributed by atoms with van der Waals surface area (Å²) in [5.74, 6) is -2.59. The molecule has 2 fully saturated rings. The molecule has 2 aromatic rings. The Bertz CT molecular complexity index is 1200. The summed E-state index contributed by atoms with van der Waals surface area (Å²) in [4.78, 5) is 54.6.